The van der Waals surface area contributed by atoms with Gasteiger partial charge in [-0.2, -0.15) is 0 Å². The molecule has 0 aromatic heterocycles. The van der Waals surface area contributed by atoms with E-state index in [1.54, 1.807) is 0 Å². The van der Waals surface area contributed by atoms with Crippen molar-refractivity contribution in [3.05, 3.63) is 35.4 Å². The highest BCUT2D eigenvalue weighted by atomic mass is 19.1. The molecular weight excluding hydrogens is 166 g/mol. The molecule has 0 spiro atoms. The molecule has 12 heavy (non-hydrogen) atoms. The van der Waals surface area contributed by atoms with Crippen molar-refractivity contribution >= 4 is 5.97 Å². The Hall–Kier alpha value is -1.45. The van der Waals surface area contributed by atoms with E-state index >= 15 is 0 Å². The highest BCUT2D eigenvalue weighted by molar-refractivity contribution is 5.89. The normalized spacial score (nSPS) is 9.58. The van der Waals surface area contributed by atoms with E-state index in [2.05, 4.69) is 4.74 Å². The van der Waals surface area contributed by atoms with Crippen LogP contribution in [-0.4, -0.2) is 13.1 Å². The molecule has 1 aromatic carbocycles. The predicted molar refractivity (Wildman–Crippen MR) is 37.7 cm³/mol. The molecule has 0 radical (unpaired) electrons. The van der Waals surface area contributed by atoms with E-state index in [4.69, 9.17) is 0 Å². The molecule has 2 nitrogen and oxygen atoms in total. The average Bonchev–Trinajstić information content (AvgIpc) is 2.08. The lowest BCUT2D eigenvalue weighted by Crippen LogP contribution is -2.04. The minimum atomic E-state index is -0.882. The third-order valence-electron chi connectivity index (χ3n) is 1.33. The first-order valence-electron chi connectivity index (χ1n) is 3.18. The summed E-state index contributed by atoms with van der Waals surface area (Å²) in [7, 11) is 1.10. The van der Waals surface area contributed by atoms with Crippen LogP contribution in [0, 0.1) is 11.6 Å². The Labute approximate surface area is 67.8 Å². The van der Waals surface area contributed by atoms with Crippen LogP contribution >= 0.6 is 0 Å². The van der Waals surface area contributed by atoms with Crippen LogP contribution in [0.15, 0.2) is 18.2 Å². The van der Waals surface area contributed by atoms with Crippen molar-refractivity contribution in [2.45, 2.75) is 0 Å². The van der Waals surface area contributed by atoms with Crippen molar-refractivity contribution in [3.8, 4) is 0 Å². The van der Waals surface area contributed by atoms with Crippen LogP contribution in [0.3, 0.4) is 0 Å². The van der Waals surface area contributed by atoms with Crippen molar-refractivity contribution in [1.29, 1.82) is 0 Å². The lowest BCUT2D eigenvalue weighted by Gasteiger charge is -1.99. The molecule has 0 aliphatic carbocycles. The number of ether oxygens (including phenoxy) is 1. The molecule has 0 N–H and O–H groups in total. The summed E-state index contributed by atoms with van der Waals surface area (Å²) < 4.78 is 29.4. The van der Waals surface area contributed by atoms with Gasteiger partial charge in [0.05, 0.1) is 12.7 Å². The Bertz CT molecular complexity index is 310. The highest BCUT2D eigenvalue weighted by Gasteiger charge is 2.12. The fourth-order valence-corrected chi connectivity index (χ4v) is 0.764. The van der Waals surface area contributed by atoms with Crippen LogP contribution in [0.4, 0.5) is 8.78 Å². The molecule has 0 amide bonds. The van der Waals surface area contributed by atoms with Crippen molar-refractivity contribution in [3.63, 3.8) is 0 Å². The van der Waals surface area contributed by atoms with E-state index < -0.39 is 23.2 Å². The SMILES string of the molecule is COC(=O)c1cc(F)ccc1F. The monoisotopic (exact) mass is 172 g/mol. The minimum Gasteiger partial charge on any atom is -0.465 e. The predicted octanol–water partition coefficient (Wildman–Crippen LogP) is 1.75. The van der Waals surface area contributed by atoms with Gasteiger partial charge in [-0.25, -0.2) is 13.6 Å². The van der Waals surface area contributed by atoms with Crippen LogP contribution in [0.1, 0.15) is 10.4 Å². The van der Waals surface area contributed by atoms with Crippen LogP contribution in [0.2, 0.25) is 0 Å². The number of esters is 1. The molecule has 0 fully saturated rings. The van der Waals surface area contributed by atoms with Crippen molar-refractivity contribution in [2.24, 2.45) is 0 Å². The van der Waals surface area contributed by atoms with Gasteiger partial charge in [0.25, 0.3) is 0 Å². The van der Waals surface area contributed by atoms with Gasteiger partial charge in [0.1, 0.15) is 11.6 Å². The van der Waals surface area contributed by atoms with Crippen LogP contribution in [-0.2, 0) is 4.74 Å². The van der Waals surface area contributed by atoms with Gasteiger partial charge < -0.3 is 4.74 Å². The number of hydrogen-bond donors (Lipinski definition) is 0. The lowest BCUT2D eigenvalue weighted by atomic mass is 10.2. The first-order valence-corrected chi connectivity index (χ1v) is 3.18. The van der Waals surface area contributed by atoms with Crippen molar-refractivity contribution < 1.29 is 18.3 Å². The maximum atomic E-state index is 12.7. The number of rotatable bonds is 1. The highest BCUT2D eigenvalue weighted by Crippen LogP contribution is 2.10. The molecule has 0 aliphatic rings. The number of halogens is 2. The average molecular weight is 172 g/mol. The topological polar surface area (TPSA) is 26.3 Å². The second-order valence-electron chi connectivity index (χ2n) is 2.12. The van der Waals surface area contributed by atoms with Gasteiger partial charge in [0, 0.05) is 0 Å². The second kappa shape index (κ2) is 3.30. The van der Waals surface area contributed by atoms with Crippen LogP contribution in [0.25, 0.3) is 0 Å². The zero-order valence-corrected chi connectivity index (χ0v) is 6.30. The summed E-state index contributed by atoms with van der Waals surface area (Å²) in [4.78, 5) is 10.8. The van der Waals surface area contributed by atoms with E-state index in [0.717, 1.165) is 25.3 Å². The van der Waals surface area contributed by atoms with Crippen molar-refractivity contribution in [1.82, 2.24) is 0 Å². The summed E-state index contributed by atoms with van der Waals surface area (Å²) in [6.07, 6.45) is 0. The molecule has 0 atom stereocenters. The van der Waals surface area contributed by atoms with E-state index in [-0.39, 0.29) is 0 Å². The smallest absolute Gasteiger partial charge is 0.340 e. The fourth-order valence-electron chi connectivity index (χ4n) is 0.764. The molecule has 0 bridgehead atoms. The van der Waals surface area contributed by atoms with Crippen LogP contribution in [0.5, 0.6) is 0 Å². The van der Waals surface area contributed by atoms with E-state index in [1.807, 2.05) is 0 Å². The molecule has 0 heterocycles. The summed E-state index contributed by atoms with van der Waals surface area (Å²) in [5.41, 5.74) is -0.391. The number of benzene rings is 1. The minimum absolute atomic E-state index is 0.391. The van der Waals surface area contributed by atoms with E-state index in [9.17, 15) is 13.6 Å². The fraction of sp³-hybridized carbons (Fsp3) is 0.125. The Morgan fingerprint density at radius 1 is 1.42 bits per heavy atom. The quantitative estimate of drug-likeness (QED) is 0.603. The van der Waals surface area contributed by atoms with Gasteiger partial charge in [-0.15, -0.1) is 0 Å². The van der Waals surface area contributed by atoms with E-state index in [1.165, 1.54) is 0 Å². The molecular formula is C8H6F2O2. The summed E-state index contributed by atoms with van der Waals surface area (Å²) in [6.45, 7) is 0. The largest absolute Gasteiger partial charge is 0.465 e. The Morgan fingerprint density at radius 2 is 2.08 bits per heavy atom. The third-order valence-corrected chi connectivity index (χ3v) is 1.33. The third kappa shape index (κ3) is 1.58. The molecule has 1 aromatic rings. The van der Waals surface area contributed by atoms with Gasteiger partial charge in [0.15, 0.2) is 0 Å². The number of methoxy groups -OCH3 is 1. The molecule has 0 saturated heterocycles. The van der Waals surface area contributed by atoms with Gasteiger partial charge in [0.2, 0.25) is 0 Å². The second-order valence-corrected chi connectivity index (χ2v) is 2.12. The number of carbonyl (C=O) groups excluding carboxylic acids is 1. The summed E-state index contributed by atoms with van der Waals surface area (Å²) in [5, 5.41) is 0. The zero-order chi connectivity index (χ0) is 9.14. The maximum Gasteiger partial charge on any atom is 0.340 e. The lowest BCUT2D eigenvalue weighted by molar-refractivity contribution is 0.0595. The molecule has 0 saturated carbocycles. The Morgan fingerprint density at radius 3 is 2.67 bits per heavy atom. The Balaban J connectivity index is 3.13. The molecule has 64 valence electrons. The van der Waals surface area contributed by atoms with Gasteiger partial charge >= 0.3 is 5.97 Å². The summed E-state index contributed by atoms with van der Waals surface area (Å²) >= 11 is 0. The molecule has 0 aliphatic heterocycles. The Kier molecular flexibility index (Phi) is 2.38. The zero-order valence-electron chi connectivity index (χ0n) is 6.30. The molecule has 0 unspecified atom stereocenters. The van der Waals surface area contributed by atoms with Crippen molar-refractivity contribution in [2.75, 3.05) is 7.11 Å². The van der Waals surface area contributed by atoms with Gasteiger partial charge in [-0.1, -0.05) is 0 Å². The van der Waals surface area contributed by atoms with Gasteiger partial charge in [-0.05, 0) is 18.2 Å². The summed E-state index contributed by atoms with van der Waals surface area (Å²) in [6, 6.07) is 2.60. The number of carbonyl (C=O) groups is 1. The molecule has 4 heteroatoms. The first kappa shape index (κ1) is 8.64. The van der Waals surface area contributed by atoms with Gasteiger partial charge in [-0.3, -0.25) is 0 Å². The molecule has 1 rings (SSSR count). The first-order chi connectivity index (χ1) is 5.65. The van der Waals surface area contributed by atoms with E-state index in [0.29, 0.717) is 0 Å². The summed E-state index contributed by atoms with van der Waals surface area (Å²) in [5.74, 6) is -2.34. The number of hydrogen-bond acceptors (Lipinski definition) is 2. The standard InChI is InChI=1S/C8H6F2O2/c1-12-8(11)6-4-5(9)2-3-7(6)10/h2-4H,1H3. The van der Waals surface area contributed by atoms with Crippen LogP contribution < -0.4 is 0 Å². The maximum absolute atomic E-state index is 12.7.